The maximum atomic E-state index is 3.78. The Morgan fingerprint density at radius 2 is 2.07 bits per heavy atom. The molecule has 0 bridgehead atoms. The van der Waals surface area contributed by atoms with Crippen LogP contribution in [0.4, 0.5) is 0 Å². The second-order valence-corrected chi connectivity index (χ2v) is 5.75. The largest absolute Gasteiger partial charge is 0.313 e. The summed E-state index contributed by atoms with van der Waals surface area (Å²) in [5.74, 6) is 0. The van der Waals surface area contributed by atoms with E-state index in [1.165, 1.54) is 58.3 Å². The predicted molar refractivity (Wildman–Crippen MR) is 65.1 cm³/mol. The molecule has 0 aromatic heterocycles. The van der Waals surface area contributed by atoms with Crippen LogP contribution in [0, 0.1) is 5.41 Å². The zero-order valence-corrected chi connectivity index (χ0v) is 10.4. The lowest BCUT2D eigenvalue weighted by Crippen LogP contribution is -2.34. The molecule has 1 heterocycles. The molecular weight excluding hydrogens is 184 g/mol. The molecule has 2 fully saturated rings. The maximum Gasteiger partial charge on any atom is 0.00799 e. The van der Waals surface area contributed by atoms with Crippen molar-refractivity contribution >= 4 is 0 Å². The first-order valence-corrected chi connectivity index (χ1v) is 6.68. The second-order valence-electron chi connectivity index (χ2n) is 5.75. The van der Waals surface area contributed by atoms with Crippen LogP contribution in [-0.4, -0.2) is 37.1 Å². The van der Waals surface area contributed by atoms with Gasteiger partial charge in [-0.3, -0.25) is 0 Å². The van der Waals surface area contributed by atoms with Gasteiger partial charge in [0.25, 0.3) is 0 Å². The SMILES string of the molecule is CCN1CCCC(NCC2(C)CC2)CC1. The van der Waals surface area contributed by atoms with E-state index in [4.69, 9.17) is 0 Å². The fourth-order valence-corrected chi connectivity index (χ4v) is 2.46. The Balaban J connectivity index is 1.68. The monoisotopic (exact) mass is 210 g/mol. The highest BCUT2D eigenvalue weighted by Gasteiger charge is 2.37. The molecule has 0 spiro atoms. The minimum atomic E-state index is 0.663. The molecule has 1 N–H and O–H groups in total. The number of hydrogen-bond acceptors (Lipinski definition) is 2. The minimum absolute atomic E-state index is 0.663. The quantitative estimate of drug-likeness (QED) is 0.765. The summed E-state index contributed by atoms with van der Waals surface area (Å²) in [5, 5.41) is 3.78. The van der Waals surface area contributed by atoms with E-state index in [2.05, 4.69) is 24.1 Å². The van der Waals surface area contributed by atoms with E-state index in [1.807, 2.05) is 0 Å². The van der Waals surface area contributed by atoms with Gasteiger partial charge in [0.15, 0.2) is 0 Å². The number of likely N-dealkylation sites (tertiary alicyclic amines) is 1. The van der Waals surface area contributed by atoms with E-state index in [0.717, 1.165) is 6.04 Å². The van der Waals surface area contributed by atoms with Crippen LogP contribution in [0.25, 0.3) is 0 Å². The molecule has 1 atom stereocenters. The highest BCUT2D eigenvalue weighted by Crippen LogP contribution is 2.44. The smallest absolute Gasteiger partial charge is 0.00799 e. The second kappa shape index (κ2) is 4.84. The topological polar surface area (TPSA) is 15.3 Å². The van der Waals surface area contributed by atoms with Crippen molar-refractivity contribution < 1.29 is 0 Å². The van der Waals surface area contributed by atoms with Gasteiger partial charge in [-0.25, -0.2) is 0 Å². The van der Waals surface area contributed by atoms with Crippen LogP contribution >= 0.6 is 0 Å². The lowest BCUT2D eigenvalue weighted by molar-refractivity contribution is 0.296. The first kappa shape index (κ1) is 11.4. The van der Waals surface area contributed by atoms with Gasteiger partial charge in [-0.2, -0.15) is 0 Å². The van der Waals surface area contributed by atoms with E-state index in [-0.39, 0.29) is 0 Å². The summed E-state index contributed by atoms with van der Waals surface area (Å²) in [6.45, 7) is 9.78. The van der Waals surface area contributed by atoms with E-state index in [0.29, 0.717) is 5.41 Å². The zero-order chi connectivity index (χ0) is 10.7. The van der Waals surface area contributed by atoms with Crippen molar-refractivity contribution in [3.63, 3.8) is 0 Å². The van der Waals surface area contributed by atoms with Crippen molar-refractivity contribution in [1.82, 2.24) is 10.2 Å². The Bertz CT molecular complexity index is 199. The van der Waals surface area contributed by atoms with E-state index in [9.17, 15) is 0 Å². The van der Waals surface area contributed by atoms with Crippen molar-refractivity contribution in [1.29, 1.82) is 0 Å². The average molecular weight is 210 g/mol. The summed E-state index contributed by atoms with van der Waals surface area (Å²) < 4.78 is 0. The summed E-state index contributed by atoms with van der Waals surface area (Å²) >= 11 is 0. The van der Waals surface area contributed by atoms with Gasteiger partial charge in [-0.15, -0.1) is 0 Å². The molecule has 2 nitrogen and oxygen atoms in total. The molecule has 88 valence electrons. The fraction of sp³-hybridized carbons (Fsp3) is 1.00. The van der Waals surface area contributed by atoms with Crippen molar-refractivity contribution in [3.8, 4) is 0 Å². The number of nitrogens with zero attached hydrogens (tertiary/aromatic N) is 1. The van der Waals surface area contributed by atoms with E-state index in [1.54, 1.807) is 0 Å². The summed E-state index contributed by atoms with van der Waals surface area (Å²) in [7, 11) is 0. The third kappa shape index (κ3) is 3.46. The molecule has 0 amide bonds. The van der Waals surface area contributed by atoms with Gasteiger partial charge in [0, 0.05) is 12.6 Å². The lowest BCUT2D eigenvalue weighted by atomic mass is 10.1. The Morgan fingerprint density at radius 1 is 1.27 bits per heavy atom. The first-order valence-electron chi connectivity index (χ1n) is 6.68. The Kier molecular flexibility index (Phi) is 3.68. The van der Waals surface area contributed by atoms with Crippen LogP contribution < -0.4 is 5.32 Å². The number of nitrogens with one attached hydrogen (secondary N) is 1. The number of hydrogen-bond donors (Lipinski definition) is 1. The fourth-order valence-electron chi connectivity index (χ4n) is 2.46. The third-order valence-corrected chi connectivity index (χ3v) is 4.19. The standard InChI is InChI=1S/C13H26N2/c1-3-15-9-4-5-12(6-10-15)14-11-13(2)7-8-13/h12,14H,3-11H2,1-2H3. The highest BCUT2D eigenvalue weighted by atomic mass is 15.1. The van der Waals surface area contributed by atoms with Crippen molar-refractivity contribution in [2.45, 2.75) is 52.0 Å². The normalized spacial score (nSPS) is 31.2. The molecule has 2 heteroatoms. The van der Waals surface area contributed by atoms with Crippen molar-refractivity contribution in [3.05, 3.63) is 0 Å². The zero-order valence-electron chi connectivity index (χ0n) is 10.4. The van der Waals surface area contributed by atoms with Crippen LogP contribution in [0.1, 0.15) is 46.0 Å². The third-order valence-electron chi connectivity index (χ3n) is 4.19. The van der Waals surface area contributed by atoms with Gasteiger partial charge in [0.05, 0.1) is 0 Å². The van der Waals surface area contributed by atoms with Crippen molar-refractivity contribution in [2.75, 3.05) is 26.2 Å². The molecule has 1 saturated heterocycles. The van der Waals surface area contributed by atoms with Gasteiger partial charge in [-0.05, 0) is 57.2 Å². The predicted octanol–water partition coefficient (Wildman–Crippen LogP) is 2.25. The van der Waals surface area contributed by atoms with Crippen LogP contribution in [0.5, 0.6) is 0 Å². The number of rotatable bonds is 4. The Morgan fingerprint density at radius 3 is 2.73 bits per heavy atom. The van der Waals surface area contributed by atoms with Gasteiger partial charge in [-0.1, -0.05) is 13.8 Å². The van der Waals surface area contributed by atoms with Gasteiger partial charge < -0.3 is 10.2 Å². The molecule has 0 aromatic rings. The van der Waals surface area contributed by atoms with Crippen molar-refractivity contribution in [2.24, 2.45) is 5.41 Å². The van der Waals surface area contributed by atoms with E-state index >= 15 is 0 Å². The highest BCUT2D eigenvalue weighted by molar-refractivity contribution is 4.91. The molecule has 15 heavy (non-hydrogen) atoms. The first-order chi connectivity index (χ1) is 7.22. The van der Waals surface area contributed by atoms with Crippen LogP contribution in [0.3, 0.4) is 0 Å². The summed E-state index contributed by atoms with van der Waals surface area (Å²) in [6.07, 6.45) is 6.99. The summed E-state index contributed by atoms with van der Waals surface area (Å²) in [4.78, 5) is 2.58. The molecule has 1 aliphatic carbocycles. The average Bonchev–Trinajstić information content (AvgIpc) is 2.99. The minimum Gasteiger partial charge on any atom is -0.313 e. The van der Waals surface area contributed by atoms with E-state index < -0.39 is 0 Å². The summed E-state index contributed by atoms with van der Waals surface area (Å²) in [5.41, 5.74) is 0.663. The molecule has 0 radical (unpaired) electrons. The van der Waals surface area contributed by atoms with Crippen LogP contribution in [-0.2, 0) is 0 Å². The van der Waals surface area contributed by atoms with Gasteiger partial charge >= 0.3 is 0 Å². The Hall–Kier alpha value is -0.0800. The van der Waals surface area contributed by atoms with Gasteiger partial charge in [0.1, 0.15) is 0 Å². The molecule has 1 aliphatic heterocycles. The van der Waals surface area contributed by atoms with Gasteiger partial charge in [0.2, 0.25) is 0 Å². The molecule has 2 rings (SSSR count). The molecule has 1 unspecified atom stereocenters. The maximum absolute atomic E-state index is 3.78. The molecule has 2 aliphatic rings. The lowest BCUT2D eigenvalue weighted by Gasteiger charge is -2.20. The molecule has 0 aromatic carbocycles. The Labute approximate surface area is 94.4 Å². The van der Waals surface area contributed by atoms with Crippen LogP contribution in [0.2, 0.25) is 0 Å². The molecular formula is C13H26N2. The molecule has 1 saturated carbocycles. The van der Waals surface area contributed by atoms with Crippen LogP contribution in [0.15, 0.2) is 0 Å². The summed E-state index contributed by atoms with van der Waals surface area (Å²) in [6, 6.07) is 0.791.